The summed E-state index contributed by atoms with van der Waals surface area (Å²) in [7, 11) is 1.59. The smallest absolute Gasteiger partial charge is 0.287 e. The highest BCUT2D eigenvalue weighted by atomic mass is 16.5. The third-order valence-electron chi connectivity index (χ3n) is 3.40. The molecule has 1 atom stereocenters. The number of rotatable bonds is 5. The molecule has 0 bridgehead atoms. The number of hydrogen-bond donors (Lipinski definition) is 2. The number of ether oxygens (including phenoxy) is 1. The van der Waals surface area contributed by atoms with Crippen molar-refractivity contribution in [2.24, 2.45) is 0 Å². The summed E-state index contributed by atoms with van der Waals surface area (Å²) in [4.78, 5) is 12.2. The minimum atomic E-state index is -0.307. The standard InChI is InChI=1S/C15H19NO4/c1-4-10(8-17)16-15(18)14-9(2)12-7-11(19-3)5-6-13(12)20-14/h5-7,10,17H,4,8H2,1-3H3,(H,16,18). The second kappa shape index (κ2) is 5.96. The molecule has 5 heteroatoms. The Labute approximate surface area is 117 Å². The van der Waals surface area contributed by atoms with Crippen molar-refractivity contribution in [2.75, 3.05) is 13.7 Å². The van der Waals surface area contributed by atoms with Gasteiger partial charge in [0.15, 0.2) is 5.76 Å². The summed E-state index contributed by atoms with van der Waals surface area (Å²) in [6.07, 6.45) is 0.662. The lowest BCUT2D eigenvalue weighted by Crippen LogP contribution is -2.37. The summed E-state index contributed by atoms with van der Waals surface area (Å²) in [5, 5.41) is 12.7. The van der Waals surface area contributed by atoms with Gasteiger partial charge in [-0.1, -0.05) is 6.92 Å². The fourth-order valence-electron chi connectivity index (χ4n) is 2.07. The highest BCUT2D eigenvalue weighted by Gasteiger charge is 2.20. The minimum Gasteiger partial charge on any atom is -0.497 e. The van der Waals surface area contributed by atoms with Crippen LogP contribution >= 0.6 is 0 Å². The number of amides is 1. The van der Waals surface area contributed by atoms with E-state index in [9.17, 15) is 4.79 Å². The molecular weight excluding hydrogens is 258 g/mol. The van der Waals surface area contributed by atoms with Crippen LogP contribution in [0.2, 0.25) is 0 Å². The summed E-state index contributed by atoms with van der Waals surface area (Å²) in [6.45, 7) is 3.65. The second-order valence-electron chi connectivity index (χ2n) is 4.68. The van der Waals surface area contributed by atoms with Crippen LogP contribution in [0, 0.1) is 6.92 Å². The first-order valence-corrected chi connectivity index (χ1v) is 6.59. The molecule has 1 amide bonds. The molecule has 1 aromatic carbocycles. The van der Waals surface area contributed by atoms with Gasteiger partial charge in [-0.25, -0.2) is 0 Å². The zero-order chi connectivity index (χ0) is 14.7. The Morgan fingerprint density at radius 1 is 1.50 bits per heavy atom. The first-order chi connectivity index (χ1) is 9.60. The van der Waals surface area contributed by atoms with Gasteiger partial charge < -0.3 is 19.6 Å². The number of aryl methyl sites for hydroxylation is 1. The maximum absolute atomic E-state index is 12.2. The molecule has 2 N–H and O–H groups in total. The molecule has 1 aromatic heterocycles. The van der Waals surface area contributed by atoms with Crippen LogP contribution in [0.4, 0.5) is 0 Å². The van der Waals surface area contributed by atoms with E-state index in [2.05, 4.69) is 5.32 Å². The minimum absolute atomic E-state index is 0.0880. The van der Waals surface area contributed by atoms with Crippen LogP contribution < -0.4 is 10.1 Å². The number of nitrogens with one attached hydrogen (secondary N) is 1. The van der Waals surface area contributed by atoms with Gasteiger partial charge in [0.05, 0.1) is 19.8 Å². The largest absolute Gasteiger partial charge is 0.497 e. The van der Waals surface area contributed by atoms with Gasteiger partial charge in [-0.15, -0.1) is 0 Å². The summed E-state index contributed by atoms with van der Waals surface area (Å²) < 4.78 is 10.8. The highest BCUT2D eigenvalue weighted by molar-refractivity contribution is 5.99. The van der Waals surface area contributed by atoms with Crippen molar-refractivity contribution in [2.45, 2.75) is 26.3 Å². The molecule has 0 radical (unpaired) electrons. The lowest BCUT2D eigenvalue weighted by molar-refractivity contribution is 0.0888. The summed E-state index contributed by atoms with van der Waals surface area (Å²) in [5.74, 6) is 0.689. The van der Waals surface area contributed by atoms with Crippen molar-refractivity contribution in [3.8, 4) is 5.75 Å². The Hall–Kier alpha value is -2.01. The van der Waals surface area contributed by atoms with Gasteiger partial charge >= 0.3 is 0 Å². The van der Waals surface area contributed by atoms with Crippen LogP contribution in [0.1, 0.15) is 29.5 Å². The summed E-state index contributed by atoms with van der Waals surface area (Å²) in [6, 6.07) is 5.15. The van der Waals surface area contributed by atoms with E-state index in [0.717, 1.165) is 16.7 Å². The van der Waals surface area contributed by atoms with Crippen molar-refractivity contribution in [3.05, 3.63) is 29.5 Å². The Morgan fingerprint density at radius 3 is 2.85 bits per heavy atom. The fourth-order valence-corrected chi connectivity index (χ4v) is 2.07. The molecule has 1 unspecified atom stereocenters. The van der Waals surface area contributed by atoms with Gasteiger partial charge in [-0.2, -0.15) is 0 Å². The molecule has 2 rings (SSSR count). The van der Waals surface area contributed by atoms with E-state index in [-0.39, 0.29) is 24.3 Å². The van der Waals surface area contributed by atoms with Gasteiger partial charge in [0, 0.05) is 10.9 Å². The van der Waals surface area contributed by atoms with E-state index < -0.39 is 0 Å². The predicted octanol–water partition coefficient (Wildman–Crippen LogP) is 2.25. The molecule has 1 heterocycles. The number of benzene rings is 1. The van der Waals surface area contributed by atoms with E-state index in [1.165, 1.54) is 0 Å². The molecule has 0 aliphatic heterocycles. The van der Waals surface area contributed by atoms with Crippen molar-refractivity contribution >= 4 is 16.9 Å². The fraction of sp³-hybridized carbons (Fsp3) is 0.400. The topological polar surface area (TPSA) is 71.7 Å². The lowest BCUT2D eigenvalue weighted by Gasteiger charge is -2.12. The number of hydrogen-bond acceptors (Lipinski definition) is 4. The zero-order valence-corrected chi connectivity index (χ0v) is 11.9. The molecule has 0 aliphatic rings. The van der Waals surface area contributed by atoms with Gasteiger partial charge in [-0.05, 0) is 31.5 Å². The van der Waals surface area contributed by atoms with Crippen LogP contribution in [0.5, 0.6) is 5.75 Å². The van der Waals surface area contributed by atoms with Crippen LogP contribution in [-0.4, -0.2) is 30.8 Å². The Bertz CT molecular complexity index is 614. The van der Waals surface area contributed by atoms with Gasteiger partial charge in [0.1, 0.15) is 11.3 Å². The highest BCUT2D eigenvalue weighted by Crippen LogP contribution is 2.28. The Balaban J connectivity index is 2.35. The summed E-state index contributed by atoms with van der Waals surface area (Å²) in [5.41, 5.74) is 1.41. The first-order valence-electron chi connectivity index (χ1n) is 6.59. The van der Waals surface area contributed by atoms with Crippen molar-refractivity contribution in [1.82, 2.24) is 5.32 Å². The number of carbonyl (C=O) groups excluding carboxylic acids is 1. The zero-order valence-electron chi connectivity index (χ0n) is 11.9. The van der Waals surface area contributed by atoms with Crippen molar-refractivity contribution in [3.63, 3.8) is 0 Å². The maximum atomic E-state index is 12.2. The summed E-state index contributed by atoms with van der Waals surface area (Å²) >= 11 is 0. The molecule has 0 fully saturated rings. The molecule has 0 saturated carbocycles. The van der Waals surface area contributed by atoms with Gasteiger partial charge in [0.2, 0.25) is 0 Å². The molecule has 2 aromatic rings. The third kappa shape index (κ3) is 2.63. The number of aliphatic hydroxyl groups excluding tert-OH is 1. The number of methoxy groups -OCH3 is 1. The molecule has 0 saturated heterocycles. The monoisotopic (exact) mass is 277 g/mol. The Kier molecular flexibility index (Phi) is 4.29. The second-order valence-corrected chi connectivity index (χ2v) is 4.68. The van der Waals surface area contributed by atoms with Crippen LogP contribution in [-0.2, 0) is 0 Å². The molecular formula is C15H19NO4. The molecule has 108 valence electrons. The molecule has 0 aliphatic carbocycles. The SMILES string of the molecule is CCC(CO)NC(=O)c1oc2ccc(OC)cc2c1C. The predicted molar refractivity (Wildman–Crippen MR) is 76.1 cm³/mol. The lowest BCUT2D eigenvalue weighted by atomic mass is 10.1. The number of aliphatic hydroxyl groups is 1. The third-order valence-corrected chi connectivity index (χ3v) is 3.40. The number of carbonyl (C=O) groups is 1. The van der Waals surface area contributed by atoms with Crippen LogP contribution in [0.3, 0.4) is 0 Å². The van der Waals surface area contributed by atoms with Gasteiger partial charge in [-0.3, -0.25) is 4.79 Å². The molecule has 5 nitrogen and oxygen atoms in total. The van der Waals surface area contributed by atoms with Crippen molar-refractivity contribution < 1.29 is 19.1 Å². The van der Waals surface area contributed by atoms with E-state index in [0.29, 0.717) is 12.0 Å². The van der Waals surface area contributed by atoms with E-state index in [4.69, 9.17) is 14.3 Å². The number of fused-ring (bicyclic) bond motifs is 1. The van der Waals surface area contributed by atoms with E-state index in [1.54, 1.807) is 19.2 Å². The quantitative estimate of drug-likeness (QED) is 0.879. The van der Waals surface area contributed by atoms with Gasteiger partial charge in [0.25, 0.3) is 5.91 Å². The van der Waals surface area contributed by atoms with E-state index in [1.807, 2.05) is 19.9 Å². The average Bonchev–Trinajstić information content (AvgIpc) is 2.81. The number of furan rings is 1. The maximum Gasteiger partial charge on any atom is 0.287 e. The van der Waals surface area contributed by atoms with Crippen LogP contribution in [0.15, 0.2) is 22.6 Å². The van der Waals surface area contributed by atoms with Crippen molar-refractivity contribution in [1.29, 1.82) is 0 Å². The van der Waals surface area contributed by atoms with Crippen LogP contribution in [0.25, 0.3) is 11.0 Å². The normalized spacial score (nSPS) is 12.4. The molecule has 0 spiro atoms. The average molecular weight is 277 g/mol. The van der Waals surface area contributed by atoms with E-state index >= 15 is 0 Å². The first kappa shape index (κ1) is 14.4. The molecule has 20 heavy (non-hydrogen) atoms. The Morgan fingerprint density at radius 2 is 2.25 bits per heavy atom.